The number of aliphatic carboxylic acids is 1. The number of carbonyl (C=O) groups excluding carboxylic acids is 1. The first-order valence-electron chi connectivity index (χ1n) is 5.63. The predicted molar refractivity (Wildman–Crippen MR) is 72.8 cm³/mol. The molecular weight excluding hydrogens is 278 g/mol. The molecule has 0 aromatic heterocycles. The van der Waals surface area contributed by atoms with E-state index in [4.69, 9.17) is 10.4 Å². The van der Waals surface area contributed by atoms with Crippen molar-refractivity contribution in [3.8, 4) is 6.07 Å². The Morgan fingerprint density at radius 2 is 2.25 bits per heavy atom. The summed E-state index contributed by atoms with van der Waals surface area (Å²) >= 11 is 1.28. The highest BCUT2D eigenvalue weighted by Crippen LogP contribution is 2.40. The maximum Gasteiger partial charge on any atom is 0.394 e. The molecule has 1 amide bonds. The summed E-state index contributed by atoms with van der Waals surface area (Å²) in [6, 6.07) is 7.37. The molecule has 0 saturated heterocycles. The van der Waals surface area contributed by atoms with Crippen LogP contribution in [0.5, 0.6) is 0 Å². The summed E-state index contributed by atoms with van der Waals surface area (Å²) in [6.07, 6.45) is 1.91. The fourth-order valence-corrected chi connectivity index (χ4v) is 3.06. The standard InChI is InChI=1S/C13H7N3O3S/c14-5-6-1-2-7-4-9-10(8(7)3-6)15-13(20-9)16-11(17)12(18)19/h1-4,13H,(H,16,17)(H,18,19). The van der Waals surface area contributed by atoms with Gasteiger partial charge in [-0.3, -0.25) is 4.79 Å². The Labute approximate surface area is 117 Å². The number of carbonyl (C=O) groups is 2. The smallest absolute Gasteiger partial charge is 0.394 e. The number of nitrogens with zero attached hydrogens (tertiary/aromatic N) is 2. The minimum atomic E-state index is -1.54. The number of fused-ring (bicyclic) bond motifs is 3. The molecule has 7 heteroatoms. The van der Waals surface area contributed by atoms with Crippen LogP contribution < -0.4 is 5.32 Å². The van der Waals surface area contributed by atoms with Crippen LogP contribution in [0.15, 0.2) is 28.1 Å². The van der Waals surface area contributed by atoms with Gasteiger partial charge in [0.05, 0.1) is 17.3 Å². The fraction of sp³-hybridized carbons (Fsp3) is 0.0769. The Balaban J connectivity index is 1.89. The molecule has 1 aromatic rings. The third kappa shape index (κ3) is 1.96. The third-order valence-electron chi connectivity index (χ3n) is 2.89. The Kier molecular flexibility index (Phi) is 2.80. The monoisotopic (exact) mass is 285 g/mol. The molecule has 1 aliphatic heterocycles. The van der Waals surface area contributed by atoms with E-state index in [1.54, 1.807) is 12.1 Å². The molecule has 6 nitrogen and oxygen atoms in total. The van der Waals surface area contributed by atoms with E-state index in [9.17, 15) is 9.59 Å². The van der Waals surface area contributed by atoms with Crippen molar-refractivity contribution in [3.05, 3.63) is 39.8 Å². The van der Waals surface area contributed by atoms with Crippen LogP contribution in [0.2, 0.25) is 0 Å². The van der Waals surface area contributed by atoms with Gasteiger partial charge in [-0.05, 0) is 23.8 Å². The summed E-state index contributed by atoms with van der Waals surface area (Å²) in [5.74, 6) is -2.62. The van der Waals surface area contributed by atoms with Crippen LogP contribution in [0.4, 0.5) is 0 Å². The molecule has 1 unspecified atom stereocenters. The molecule has 20 heavy (non-hydrogen) atoms. The first kappa shape index (κ1) is 12.4. The maximum absolute atomic E-state index is 11.1. The van der Waals surface area contributed by atoms with Crippen molar-refractivity contribution < 1.29 is 14.7 Å². The van der Waals surface area contributed by atoms with Gasteiger partial charge >= 0.3 is 11.9 Å². The van der Waals surface area contributed by atoms with E-state index in [1.165, 1.54) is 11.8 Å². The number of benzene rings is 1. The van der Waals surface area contributed by atoms with Gasteiger partial charge in [0.25, 0.3) is 0 Å². The number of hydrogen-bond donors (Lipinski definition) is 2. The van der Waals surface area contributed by atoms with Crippen LogP contribution in [0.1, 0.15) is 16.7 Å². The summed E-state index contributed by atoms with van der Waals surface area (Å²) in [5.41, 5.74) is 2.38. The van der Waals surface area contributed by atoms with Crippen LogP contribution in [0.25, 0.3) is 6.08 Å². The van der Waals surface area contributed by atoms with E-state index in [-0.39, 0.29) is 0 Å². The van der Waals surface area contributed by atoms with Gasteiger partial charge in [0.15, 0.2) is 5.50 Å². The minimum absolute atomic E-state index is 0.532. The van der Waals surface area contributed by atoms with Gasteiger partial charge in [-0.2, -0.15) is 5.26 Å². The molecule has 0 fully saturated rings. The normalized spacial score (nSPS) is 18.4. The first-order chi connectivity index (χ1) is 9.58. The van der Waals surface area contributed by atoms with Gasteiger partial charge in [-0.25, -0.2) is 9.79 Å². The van der Waals surface area contributed by atoms with Crippen molar-refractivity contribution in [2.24, 2.45) is 4.99 Å². The summed E-state index contributed by atoms with van der Waals surface area (Å²) in [4.78, 5) is 26.8. The number of nitriles is 1. The van der Waals surface area contributed by atoms with Crippen molar-refractivity contribution in [1.29, 1.82) is 5.26 Å². The fourth-order valence-electron chi connectivity index (χ4n) is 2.02. The molecule has 3 rings (SSSR count). The Bertz CT molecular complexity index is 746. The zero-order chi connectivity index (χ0) is 14.3. The number of aliphatic imine (C=N–C) groups is 1. The lowest BCUT2D eigenvalue weighted by molar-refractivity contribution is -0.150. The van der Waals surface area contributed by atoms with Crippen molar-refractivity contribution in [1.82, 2.24) is 5.32 Å². The SMILES string of the molecule is N#Cc1ccc2c(c1)C1=NC(NC(=O)C(=O)O)SC1=C2. The van der Waals surface area contributed by atoms with Crippen molar-refractivity contribution in [2.45, 2.75) is 5.50 Å². The van der Waals surface area contributed by atoms with Crippen LogP contribution in [-0.4, -0.2) is 28.2 Å². The molecule has 0 radical (unpaired) electrons. The molecule has 2 N–H and O–H groups in total. The van der Waals surface area contributed by atoms with Gasteiger partial charge in [-0.15, -0.1) is 0 Å². The number of carboxylic acid groups (broad SMARTS) is 1. The number of thioether (sulfide) groups is 1. The van der Waals surface area contributed by atoms with Crippen LogP contribution >= 0.6 is 11.8 Å². The highest BCUT2D eigenvalue weighted by Gasteiger charge is 2.31. The topological polar surface area (TPSA) is 103 Å². The molecule has 1 aliphatic carbocycles. The molecule has 1 heterocycles. The van der Waals surface area contributed by atoms with Gasteiger partial charge in [0, 0.05) is 10.5 Å². The molecule has 0 bridgehead atoms. The summed E-state index contributed by atoms with van der Waals surface area (Å²) in [6.45, 7) is 0. The maximum atomic E-state index is 11.1. The molecule has 98 valence electrons. The second-order valence-electron chi connectivity index (χ2n) is 4.15. The molecular formula is C13H7N3O3S. The Morgan fingerprint density at radius 1 is 1.45 bits per heavy atom. The zero-order valence-electron chi connectivity index (χ0n) is 9.95. The molecule has 2 aliphatic rings. The average molecular weight is 285 g/mol. The van der Waals surface area contributed by atoms with Crippen LogP contribution in [0, 0.1) is 11.3 Å². The molecule has 0 spiro atoms. The van der Waals surface area contributed by atoms with E-state index in [0.717, 1.165) is 16.0 Å². The number of allylic oxidation sites excluding steroid dienone is 1. The van der Waals surface area contributed by atoms with Crippen LogP contribution in [-0.2, 0) is 9.59 Å². The van der Waals surface area contributed by atoms with Gasteiger partial charge in [0.1, 0.15) is 0 Å². The summed E-state index contributed by atoms with van der Waals surface area (Å²) < 4.78 is 0. The van der Waals surface area contributed by atoms with E-state index >= 15 is 0 Å². The van der Waals surface area contributed by atoms with E-state index in [2.05, 4.69) is 16.4 Å². The van der Waals surface area contributed by atoms with Crippen molar-refractivity contribution in [3.63, 3.8) is 0 Å². The van der Waals surface area contributed by atoms with Crippen molar-refractivity contribution >= 4 is 35.4 Å². The van der Waals surface area contributed by atoms with E-state index in [0.29, 0.717) is 11.3 Å². The van der Waals surface area contributed by atoms with Crippen LogP contribution in [0.3, 0.4) is 0 Å². The number of rotatable bonds is 1. The second-order valence-corrected chi connectivity index (χ2v) is 5.27. The number of amides is 1. The highest BCUT2D eigenvalue weighted by molar-refractivity contribution is 8.05. The number of carboxylic acids is 1. The minimum Gasteiger partial charge on any atom is -0.474 e. The largest absolute Gasteiger partial charge is 0.474 e. The van der Waals surface area contributed by atoms with Gasteiger partial charge < -0.3 is 10.4 Å². The number of hydrogen-bond acceptors (Lipinski definition) is 5. The van der Waals surface area contributed by atoms with Gasteiger partial charge in [-0.1, -0.05) is 17.8 Å². The summed E-state index contributed by atoms with van der Waals surface area (Å²) in [7, 11) is 0. The predicted octanol–water partition coefficient (Wildman–Crippen LogP) is 0.933. The van der Waals surface area contributed by atoms with E-state index < -0.39 is 17.4 Å². The zero-order valence-corrected chi connectivity index (χ0v) is 10.8. The molecule has 1 aromatic carbocycles. The van der Waals surface area contributed by atoms with Crippen molar-refractivity contribution in [2.75, 3.05) is 0 Å². The Morgan fingerprint density at radius 3 is 2.95 bits per heavy atom. The molecule has 0 saturated carbocycles. The quantitative estimate of drug-likeness (QED) is 0.747. The van der Waals surface area contributed by atoms with Gasteiger partial charge in [0.2, 0.25) is 0 Å². The second kappa shape index (κ2) is 4.51. The lowest BCUT2D eigenvalue weighted by atomic mass is 10.1. The molecule has 1 atom stereocenters. The lowest BCUT2D eigenvalue weighted by Gasteiger charge is -2.06. The summed E-state index contributed by atoms with van der Waals surface area (Å²) in [5, 5.41) is 19.8. The highest BCUT2D eigenvalue weighted by atomic mass is 32.2. The van der Waals surface area contributed by atoms with E-state index in [1.807, 2.05) is 12.1 Å². The average Bonchev–Trinajstić information content (AvgIpc) is 2.95. The third-order valence-corrected chi connectivity index (χ3v) is 3.90. The first-order valence-corrected chi connectivity index (χ1v) is 6.51. The number of nitrogens with one attached hydrogen (secondary N) is 1. The lowest BCUT2D eigenvalue weighted by Crippen LogP contribution is -2.35. The Hall–Kier alpha value is -2.59.